The second-order valence-corrected chi connectivity index (χ2v) is 6.38. The van der Waals surface area contributed by atoms with E-state index in [2.05, 4.69) is 4.72 Å². The van der Waals surface area contributed by atoms with Crippen molar-refractivity contribution < 1.29 is 18.3 Å². The maximum atomic E-state index is 11.6. The van der Waals surface area contributed by atoms with Crippen LogP contribution in [0.15, 0.2) is 30.3 Å². The number of carboxylic acids is 1. The van der Waals surface area contributed by atoms with Crippen LogP contribution in [-0.4, -0.2) is 31.3 Å². The molecule has 19 heavy (non-hydrogen) atoms. The predicted molar refractivity (Wildman–Crippen MR) is 73.4 cm³/mol. The Bertz CT molecular complexity index is 499. The largest absolute Gasteiger partial charge is 0.481 e. The molecule has 0 fully saturated rings. The lowest BCUT2D eigenvalue weighted by atomic mass is 10.1. The van der Waals surface area contributed by atoms with E-state index in [1.165, 1.54) is 0 Å². The molecule has 0 aliphatic rings. The lowest BCUT2D eigenvalue weighted by molar-refractivity contribution is -0.136. The van der Waals surface area contributed by atoms with E-state index >= 15 is 0 Å². The standard InChI is InChI=1S/C13H19NO4S/c1-11(7-8-12-5-3-2-4-6-12)14-19(17,18)10-9-13(15)16/h2-6,11,14H,7-10H2,1H3,(H,15,16). The van der Waals surface area contributed by atoms with Crippen molar-refractivity contribution in [3.63, 3.8) is 0 Å². The lowest BCUT2D eigenvalue weighted by Gasteiger charge is -2.13. The first-order valence-electron chi connectivity index (χ1n) is 6.15. The third-order valence-electron chi connectivity index (χ3n) is 2.67. The first-order valence-corrected chi connectivity index (χ1v) is 7.80. The van der Waals surface area contributed by atoms with Gasteiger partial charge in [0.05, 0.1) is 12.2 Å². The van der Waals surface area contributed by atoms with Crippen molar-refractivity contribution in [3.05, 3.63) is 35.9 Å². The Hall–Kier alpha value is -1.40. The van der Waals surface area contributed by atoms with Gasteiger partial charge < -0.3 is 5.11 Å². The van der Waals surface area contributed by atoms with Crippen LogP contribution in [0, 0.1) is 0 Å². The van der Waals surface area contributed by atoms with Gasteiger partial charge in [0.2, 0.25) is 10.0 Å². The summed E-state index contributed by atoms with van der Waals surface area (Å²) < 4.78 is 25.7. The highest BCUT2D eigenvalue weighted by Gasteiger charge is 2.15. The number of hydrogen-bond acceptors (Lipinski definition) is 3. The molecule has 0 saturated heterocycles. The number of benzene rings is 1. The Morgan fingerprint density at radius 1 is 1.32 bits per heavy atom. The minimum Gasteiger partial charge on any atom is -0.481 e. The highest BCUT2D eigenvalue weighted by molar-refractivity contribution is 7.89. The van der Waals surface area contributed by atoms with E-state index in [4.69, 9.17) is 5.11 Å². The average molecular weight is 285 g/mol. The van der Waals surface area contributed by atoms with Gasteiger partial charge in [0.15, 0.2) is 0 Å². The summed E-state index contributed by atoms with van der Waals surface area (Å²) in [4.78, 5) is 10.4. The molecule has 1 unspecified atom stereocenters. The van der Waals surface area contributed by atoms with E-state index in [1.807, 2.05) is 30.3 Å². The molecule has 0 saturated carbocycles. The summed E-state index contributed by atoms with van der Waals surface area (Å²) >= 11 is 0. The number of carbonyl (C=O) groups is 1. The molecule has 0 aliphatic carbocycles. The average Bonchev–Trinajstić information content (AvgIpc) is 2.35. The van der Waals surface area contributed by atoms with Crippen molar-refractivity contribution in [2.24, 2.45) is 0 Å². The first-order chi connectivity index (χ1) is 8.89. The van der Waals surface area contributed by atoms with Gasteiger partial charge in [-0.05, 0) is 25.3 Å². The van der Waals surface area contributed by atoms with Crippen molar-refractivity contribution in [1.82, 2.24) is 4.72 Å². The third-order valence-corrected chi connectivity index (χ3v) is 4.18. The molecule has 1 aromatic carbocycles. The van der Waals surface area contributed by atoms with Crippen LogP contribution in [0.4, 0.5) is 0 Å². The van der Waals surface area contributed by atoms with Gasteiger partial charge in [0.1, 0.15) is 0 Å². The van der Waals surface area contributed by atoms with Crippen LogP contribution in [0.3, 0.4) is 0 Å². The van der Waals surface area contributed by atoms with Crippen LogP contribution in [0.25, 0.3) is 0 Å². The Balaban J connectivity index is 2.38. The topological polar surface area (TPSA) is 83.5 Å². The second kappa shape index (κ2) is 7.25. The molecular weight excluding hydrogens is 266 g/mol. The number of hydrogen-bond donors (Lipinski definition) is 2. The van der Waals surface area contributed by atoms with Crippen LogP contribution in [0.1, 0.15) is 25.3 Å². The van der Waals surface area contributed by atoms with Crippen LogP contribution in [0.5, 0.6) is 0 Å². The van der Waals surface area contributed by atoms with Crippen LogP contribution < -0.4 is 4.72 Å². The summed E-state index contributed by atoms with van der Waals surface area (Å²) in [5.74, 6) is -1.49. The number of aliphatic carboxylic acids is 1. The monoisotopic (exact) mass is 285 g/mol. The molecule has 1 atom stereocenters. The highest BCUT2D eigenvalue weighted by Crippen LogP contribution is 2.05. The van der Waals surface area contributed by atoms with Crippen molar-refractivity contribution in [1.29, 1.82) is 0 Å². The van der Waals surface area contributed by atoms with E-state index in [0.717, 1.165) is 12.0 Å². The van der Waals surface area contributed by atoms with Gasteiger partial charge in [-0.15, -0.1) is 0 Å². The van der Waals surface area contributed by atoms with Gasteiger partial charge in [-0.1, -0.05) is 30.3 Å². The smallest absolute Gasteiger partial charge is 0.304 e. The number of aryl methyl sites for hydroxylation is 1. The van der Waals surface area contributed by atoms with Crippen molar-refractivity contribution in [2.75, 3.05) is 5.75 Å². The Morgan fingerprint density at radius 2 is 1.95 bits per heavy atom. The zero-order valence-corrected chi connectivity index (χ0v) is 11.7. The quantitative estimate of drug-likeness (QED) is 0.756. The number of carboxylic acid groups (broad SMARTS) is 1. The molecule has 0 spiro atoms. The number of rotatable bonds is 8. The van der Waals surface area contributed by atoms with E-state index in [1.54, 1.807) is 6.92 Å². The van der Waals surface area contributed by atoms with Gasteiger partial charge in [0, 0.05) is 6.04 Å². The molecular formula is C13H19NO4S. The fourth-order valence-electron chi connectivity index (χ4n) is 1.67. The summed E-state index contributed by atoms with van der Waals surface area (Å²) in [7, 11) is -3.51. The number of nitrogens with one attached hydrogen (secondary N) is 1. The van der Waals surface area contributed by atoms with Crippen LogP contribution in [-0.2, 0) is 21.2 Å². The van der Waals surface area contributed by atoms with Gasteiger partial charge >= 0.3 is 5.97 Å². The third kappa shape index (κ3) is 6.93. The maximum Gasteiger partial charge on any atom is 0.304 e. The van der Waals surface area contributed by atoms with E-state index in [0.29, 0.717) is 6.42 Å². The molecule has 0 radical (unpaired) electrons. The lowest BCUT2D eigenvalue weighted by Crippen LogP contribution is -2.35. The van der Waals surface area contributed by atoms with Crippen molar-refractivity contribution in [2.45, 2.75) is 32.2 Å². The minimum atomic E-state index is -3.51. The van der Waals surface area contributed by atoms with Gasteiger partial charge in [-0.2, -0.15) is 0 Å². The fraction of sp³-hybridized carbons (Fsp3) is 0.462. The molecule has 1 aromatic rings. The van der Waals surface area contributed by atoms with Crippen LogP contribution in [0.2, 0.25) is 0 Å². The van der Waals surface area contributed by atoms with Gasteiger partial charge in [0.25, 0.3) is 0 Å². The van der Waals surface area contributed by atoms with Crippen LogP contribution >= 0.6 is 0 Å². The first kappa shape index (κ1) is 15.7. The SMILES string of the molecule is CC(CCc1ccccc1)NS(=O)(=O)CCC(=O)O. The maximum absolute atomic E-state index is 11.6. The van der Waals surface area contributed by atoms with E-state index in [-0.39, 0.29) is 18.2 Å². The molecule has 0 heterocycles. The Morgan fingerprint density at radius 3 is 2.53 bits per heavy atom. The summed E-state index contributed by atoms with van der Waals surface area (Å²) in [6.45, 7) is 1.78. The zero-order chi connectivity index (χ0) is 14.3. The van der Waals surface area contributed by atoms with E-state index in [9.17, 15) is 13.2 Å². The predicted octanol–water partition coefficient (Wildman–Crippen LogP) is 1.40. The van der Waals surface area contributed by atoms with Crippen molar-refractivity contribution in [3.8, 4) is 0 Å². The molecule has 5 nitrogen and oxygen atoms in total. The molecule has 6 heteroatoms. The fourth-order valence-corrected chi connectivity index (χ4v) is 2.97. The van der Waals surface area contributed by atoms with Gasteiger partial charge in [-0.25, -0.2) is 13.1 Å². The highest BCUT2D eigenvalue weighted by atomic mass is 32.2. The minimum absolute atomic E-state index is 0.209. The summed E-state index contributed by atoms with van der Waals surface area (Å²) in [6.07, 6.45) is 1.08. The summed E-state index contributed by atoms with van der Waals surface area (Å²) in [6, 6.07) is 9.59. The normalized spacial score (nSPS) is 13.1. The van der Waals surface area contributed by atoms with E-state index < -0.39 is 16.0 Å². The van der Waals surface area contributed by atoms with Crippen molar-refractivity contribution >= 4 is 16.0 Å². The molecule has 0 amide bonds. The Labute approximate surface area is 113 Å². The summed E-state index contributed by atoms with van der Waals surface area (Å²) in [5.41, 5.74) is 1.15. The molecule has 0 aromatic heterocycles. The molecule has 1 rings (SSSR count). The second-order valence-electron chi connectivity index (χ2n) is 4.51. The molecule has 0 aliphatic heterocycles. The Kier molecular flexibility index (Phi) is 5.98. The van der Waals surface area contributed by atoms with Gasteiger partial charge in [-0.3, -0.25) is 4.79 Å². The molecule has 0 bridgehead atoms. The number of sulfonamides is 1. The summed E-state index contributed by atoms with van der Waals surface area (Å²) in [5, 5.41) is 8.47. The molecule has 2 N–H and O–H groups in total. The zero-order valence-electron chi connectivity index (χ0n) is 10.9. The molecule has 106 valence electrons.